The van der Waals surface area contributed by atoms with Crippen LogP contribution in [0.2, 0.25) is 0 Å². The van der Waals surface area contributed by atoms with Crippen molar-refractivity contribution >= 4 is 5.78 Å². The van der Waals surface area contributed by atoms with Crippen molar-refractivity contribution < 1.29 is 14.3 Å². The number of carbonyl (C=O) groups excluding carboxylic acids is 1. The molecule has 0 aromatic heterocycles. The number of Topliss-reactive ketones (excluding diaryl/α,β-unsaturated/α-hetero) is 1. The van der Waals surface area contributed by atoms with Crippen molar-refractivity contribution in [1.82, 2.24) is 0 Å². The van der Waals surface area contributed by atoms with Crippen LogP contribution in [0.3, 0.4) is 0 Å². The lowest BCUT2D eigenvalue weighted by Gasteiger charge is -2.05. The molecule has 0 atom stereocenters. The Morgan fingerprint density at radius 1 is 1.21 bits per heavy atom. The summed E-state index contributed by atoms with van der Waals surface area (Å²) in [5.41, 5.74) is 0. The van der Waals surface area contributed by atoms with Gasteiger partial charge in [0.05, 0.1) is 7.11 Å². The zero-order valence-electron chi connectivity index (χ0n) is 8.45. The van der Waals surface area contributed by atoms with Gasteiger partial charge in [0.1, 0.15) is 18.1 Å². The molecule has 1 aromatic carbocycles. The van der Waals surface area contributed by atoms with Gasteiger partial charge in [-0.2, -0.15) is 0 Å². The summed E-state index contributed by atoms with van der Waals surface area (Å²) in [6, 6.07) is 7.15. The molecular weight excluding hydrogens is 180 g/mol. The summed E-state index contributed by atoms with van der Waals surface area (Å²) in [5.74, 6) is 1.56. The number of rotatable bonds is 5. The smallest absolute Gasteiger partial charge is 0.169 e. The fourth-order valence-electron chi connectivity index (χ4n) is 0.938. The van der Waals surface area contributed by atoms with E-state index < -0.39 is 0 Å². The van der Waals surface area contributed by atoms with Crippen molar-refractivity contribution in [3.05, 3.63) is 24.3 Å². The zero-order chi connectivity index (χ0) is 10.4. The molecule has 76 valence electrons. The van der Waals surface area contributed by atoms with E-state index in [0.29, 0.717) is 12.2 Å². The summed E-state index contributed by atoms with van der Waals surface area (Å²) < 4.78 is 10.2. The van der Waals surface area contributed by atoms with E-state index in [0.717, 1.165) is 5.75 Å². The average molecular weight is 194 g/mol. The lowest BCUT2D eigenvalue weighted by Crippen LogP contribution is -2.09. The SMILES string of the molecule is CCC(=O)COc1ccc(OC)cc1. The Morgan fingerprint density at radius 2 is 1.79 bits per heavy atom. The quantitative estimate of drug-likeness (QED) is 0.719. The van der Waals surface area contributed by atoms with Crippen molar-refractivity contribution in [1.29, 1.82) is 0 Å². The molecular formula is C11H14O3. The van der Waals surface area contributed by atoms with E-state index in [-0.39, 0.29) is 12.4 Å². The van der Waals surface area contributed by atoms with E-state index in [2.05, 4.69) is 0 Å². The Hall–Kier alpha value is -1.51. The molecule has 0 amide bonds. The summed E-state index contributed by atoms with van der Waals surface area (Å²) in [4.78, 5) is 11.0. The first-order valence-corrected chi connectivity index (χ1v) is 4.54. The molecule has 14 heavy (non-hydrogen) atoms. The first-order chi connectivity index (χ1) is 6.76. The van der Waals surface area contributed by atoms with Crippen molar-refractivity contribution in [2.24, 2.45) is 0 Å². The number of methoxy groups -OCH3 is 1. The molecule has 0 aliphatic carbocycles. The molecule has 1 rings (SSSR count). The highest BCUT2D eigenvalue weighted by Gasteiger charge is 1.99. The van der Waals surface area contributed by atoms with Crippen LogP contribution >= 0.6 is 0 Å². The Balaban J connectivity index is 2.47. The number of hydrogen-bond donors (Lipinski definition) is 0. The molecule has 1 aromatic rings. The van der Waals surface area contributed by atoms with Crippen LogP contribution in [0.25, 0.3) is 0 Å². The fourth-order valence-corrected chi connectivity index (χ4v) is 0.938. The van der Waals surface area contributed by atoms with Gasteiger partial charge in [0.2, 0.25) is 0 Å². The van der Waals surface area contributed by atoms with Crippen LogP contribution in [0.4, 0.5) is 0 Å². The molecule has 0 fully saturated rings. The van der Waals surface area contributed by atoms with Gasteiger partial charge in [-0.15, -0.1) is 0 Å². The Labute approximate surface area is 83.6 Å². The molecule has 0 unspecified atom stereocenters. The second kappa shape index (κ2) is 5.27. The second-order valence-corrected chi connectivity index (χ2v) is 2.86. The highest BCUT2D eigenvalue weighted by atomic mass is 16.5. The lowest BCUT2D eigenvalue weighted by atomic mass is 10.3. The predicted octanol–water partition coefficient (Wildman–Crippen LogP) is 2.05. The lowest BCUT2D eigenvalue weighted by molar-refractivity contribution is -0.120. The third-order valence-corrected chi connectivity index (χ3v) is 1.85. The van der Waals surface area contributed by atoms with Crippen LogP contribution in [0, 0.1) is 0 Å². The number of hydrogen-bond acceptors (Lipinski definition) is 3. The topological polar surface area (TPSA) is 35.5 Å². The largest absolute Gasteiger partial charge is 0.497 e. The molecule has 0 N–H and O–H groups in total. The zero-order valence-corrected chi connectivity index (χ0v) is 8.45. The fraction of sp³-hybridized carbons (Fsp3) is 0.364. The normalized spacial score (nSPS) is 9.57. The average Bonchev–Trinajstić information content (AvgIpc) is 2.26. The maximum Gasteiger partial charge on any atom is 0.169 e. The highest BCUT2D eigenvalue weighted by Crippen LogP contribution is 2.16. The Bertz CT molecular complexity index is 290. The van der Waals surface area contributed by atoms with Gasteiger partial charge >= 0.3 is 0 Å². The van der Waals surface area contributed by atoms with E-state index in [1.54, 1.807) is 31.4 Å². The van der Waals surface area contributed by atoms with Gasteiger partial charge in [0, 0.05) is 6.42 Å². The molecule has 3 heteroatoms. The van der Waals surface area contributed by atoms with E-state index in [4.69, 9.17) is 9.47 Å². The molecule has 0 radical (unpaired) electrons. The molecule has 0 aliphatic rings. The molecule has 0 heterocycles. The van der Waals surface area contributed by atoms with Crippen molar-refractivity contribution in [3.8, 4) is 11.5 Å². The first kappa shape index (κ1) is 10.6. The van der Waals surface area contributed by atoms with E-state index >= 15 is 0 Å². The van der Waals surface area contributed by atoms with Crippen LogP contribution in [-0.2, 0) is 4.79 Å². The van der Waals surface area contributed by atoms with Gasteiger partial charge in [-0.1, -0.05) is 6.92 Å². The molecule has 3 nitrogen and oxygen atoms in total. The van der Waals surface area contributed by atoms with E-state index in [1.807, 2.05) is 6.92 Å². The van der Waals surface area contributed by atoms with Gasteiger partial charge in [0.15, 0.2) is 5.78 Å². The molecule has 0 saturated heterocycles. The van der Waals surface area contributed by atoms with E-state index in [1.165, 1.54) is 0 Å². The summed E-state index contributed by atoms with van der Waals surface area (Å²) in [7, 11) is 1.61. The molecule has 0 aliphatic heterocycles. The maximum atomic E-state index is 11.0. The summed E-state index contributed by atoms with van der Waals surface area (Å²) in [6.07, 6.45) is 0.510. The minimum Gasteiger partial charge on any atom is -0.497 e. The third-order valence-electron chi connectivity index (χ3n) is 1.85. The van der Waals surface area contributed by atoms with Crippen LogP contribution in [0.1, 0.15) is 13.3 Å². The maximum absolute atomic E-state index is 11.0. The minimum atomic E-state index is 0.0980. The van der Waals surface area contributed by atoms with Gasteiger partial charge in [0.25, 0.3) is 0 Å². The monoisotopic (exact) mass is 194 g/mol. The van der Waals surface area contributed by atoms with Crippen LogP contribution in [0.5, 0.6) is 11.5 Å². The predicted molar refractivity (Wildman–Crippen MR) is 53.8 cm³/mol. The highest BCUT2D eigenvalue weighted by molar-refractivity contribution is 5.79. The second-order valence-electron chi connectivity index (χ2n) is 2.86. The standard InChI is InChI=1S/C11H14O3/c1-3-9(12)8-14-11-6-4-10(13-2)5-7-11/h4-7H,3,8H2,1-2H3. The molecule has 0 bridgehead atoms. The summed E-state index contributed by atoms with van der Waals surface area (Å²) >= 11 is 0. The Morgan fingerprint density at radius 3 is 2.29 bits per heavy atom. The molecule has 0 spiro atoms. The van der Waals surface area contributed by atoms with Gasteiger partial charge in [-0.05, 0) is 24.3 Å². The van der Waals surface area contributed by atoms with Crippen LogP contribution in [-0.4, -0.2) is 19.5 Å². The first-order valence-electron chi connectivity index (χ1n) is 4.54. The minimum absolute atomic E-state index is 0.0980. The number of carbonyl (C=O) groups is 1. The van der Waals surface area contributed by atoms with Gasteiger partial charge < -0.3 is 9.47 Å². The summed E-state index contributed by atoms with van der Waals surface area (Å²) in [6.45, 7) is 1.96. The number of benzene rings is 1. The van der Waals surface area contributed by atoms with Gasteiger partial charge in [-0.3, -0.25) is 4.79 Å². The van der Waals surface area contributed by atoms with E-state index in [9.17, 15) is 4.79 Å². The van der Waals surface area contributed by atoms with Crippen LogP contribution in [0.15, 0.2) is 24.3 Å². The summed E-state index contributed by atoms with van der Waals surface area (Å²) in [5, 5.41) is 0. The van der Waals surface area contributed by atoms with Crippen molar-refractivity contribution in [2.45, 2.75) is 13.3 Å². The van der Waals surface area contributed by atoms with Crippen LogP contribution < -0.4 is 9.47 Å². The molecule has 0 saturated carbocycles. The van der Waals surface area contributed by atoms with Crippen molar-refractivity contribution in [3.63, 3.8) is 0 Å². The number of ether oxygens (including phenoxy) is 2. The van der Waals surface area contributed by atoms with Crippen molar-refractivity contribution in [2.75, 3.05) is 13.7 Å². The van der Waals surface area contributed by atoms with Gasteiger partial charge in [-0.25, -0.2) is 0 Å². The Kier molecular flexibility index (Phi) is 3.98. The number of ketones is 1. The third kappa shape index (κ3) is 3.09.